The summed E-state index contributed by atoms with van der Waals surface area (Å²) < 4.78 is 93.8. The van der Waals surface area contributed by atoms with Crippen LogP contribution >= 0.6 is 0 Å². The molecule has 20 heavy (non-hydrogen) atoms. The summed E-state index contributed by atoms with van der Waals surface area (Å²) in [4.78, 5) is -1.52. The minimum Gasteiger partial charge on any atom is -0.486 e. The molecule has 0 N–H and O–H groups in total. The Kier molecular flexibility index (Phi) is 4.92. The van der Waals surface area contributed by atoms with Crippen LogP contribution in [0.15, 0.2) is 4.90 Å². The lowest BCUT2D eigenvalue weighted by Gasteiger charge is -2.17. The Morgan fingerprint density at radius 3 is 1.95 bits per heavy atom. The smallest absolute Gasteiger partial charge is 0.249 e. The number of rotatable bonds is 5. The van der Waals surface area contributed by atoms with Crippen molar-refractivity contribution in [2.75, 3.05) is 27.4 Å². The van der Waals surface area contributed by atoms with Crippen molar-refractivity contribution < 1.29 is 35.1 Å². The van der Waals surface area contributed by atoms with E-state index in [1.807, 2.05) is 0 Å². The van der Waals surface area contributed by atoms with E-state index in [1.165, 1.54) is 0 Å². The van der Waals surface area contributed by atoms with Crippen LogP contribution in [0.4, 0.5) is 22.0 Å². The fourth-order valence-corrected chi connectivity index (χ4v) is 2.34. The molecule has 1 rings (SSSR count). The van der Waals surface area contributed by atoms with Gasteiger partial charge >= 0.3 is 0 Å². The molecule has 0 spiro atoms. The van der Waals surface area contributed by atoms with Crippen molar-refractivity contribution in [3.63, 3.8) is 0 Å². The predicted molar refractivity (Wildman–Crippen MR) is 58.6 cm³/mol. The monoisotopic (exact) mass is 319 g/mol. The fraction of sp³-hybridized carbons (Fsp3) is 0.400. The SMILES string of the molecule is CN(C)S(=O)(=O)c1c(F)c(F)c(F)c(F)c1OCCF. The molecule has 1 aromatic carbocycles. The van der Waals surface area contributed by atoms with Gasteiger partial charge in [0.15, 0.2) is 22.3 Å². The molecule has 0 amide bonds. The molecule has 0 aliphatic heterocycles. The van der Waals surface area contributed by atoms with Gasteiger partial charge in [-0.1, -0.05) is 0 Å². The Labute approximate surface area is 111 Å². The zero-order chi connectivity index (χ0) is 15.7. The van der Waals surface area contributed by atoms with E-state index in [9.17, 15) is 30.4 Å². The standard InChI is InChI=1S/C10H10F5NO3S/c1-16(2)20(17,18)10-8(15)6(13)5(12)7(14)9(10)19-4-3-11/h3-4H2,1-2H3. The number of hydrogen-bond donors (Lipinski definition) is 0. The largest absolute Gasteiger partial charge is 0.486 e. The molecule has 0 saturated carbocycles. The van der Waals surface area contributed by atoms with Crippen LogP contribution in [-0.4, -0.2) is 40.1 Å². The number of halogens is 5. The molecule has 1 aromatic rings. The minimum atomic E-state index is -4.67. The number of hydrogen-bond acceptors (Lipinski definition) is 3. The normalized spacial score (nSPS) is 12.0. The van der Waals surface area contributed by atoms with Crippen LogP contribution in [0.25, 0.3) is 0 Å². The van der Waals surface area contributed by atoms with Gasteiger partial charge in [0.1, 0.15) is 13.3 Å². The van der Waals surface area contributed by atoms with Crippen molar-refractivity contribution in [3.8, 4) is 5.75 Å². The average Bonchev–Trinajstić information content (AvgIpc) is 2.38. The number of alkyl halides is 1. The van der Waals surface area contributed by atoms with Crippen LogP contribution in [0.1, 0.15) is 0 Å². The Morgan fingerprint density at radius 2 is 1.50 bits per heavy atom. The van der Waals surface area contributed by atoms with Crippen LogP contribution in [0.3, 0.4) is 0 Å². The number of nitrogens with zero attached hydrogens (tertiary/aromatic N) is 1. The molecular formula is C10H10F5NO3S. The molecule has 4 nitrogen and oxygen atoms in total. The molecule has 0 fully saturated rings. The van der Waals surface area contributed by atoms with E-state index in [1.54, 1.807) is 0 Å². The third-order valence-electron chi connectivity index (χ3n) is 2.25. The molecule has 0 bridgehead atoms. The highest BCUT2D eigenvalue weighted by Gasteiger charge is 2.35. The summed E-state index contributed by atoms with van der Waals surface area (Å²) in [5.41, 5.74) is 0. The molecule has 0 saturated heterocycles. The second-order valence-corrected chi connectivity index (χ2v) is 5.83. The molecule has 0 radical (unpaired) electrons. The summed E-state index contributed by atoms with van der Waals surface area (Å²) >= 11 is 0. The molecule has 0 aliphatic carbocycles. The van der Waals surface area contributed by atoms with Gasteiger partial charge in [-0.15, -0.1) is 0 Å². The lowest BCUT2D eigenvalue weighted by Crippen LogP contribution is -2.25. The van der Waals surface area contributed by atoms with E-state index in [0.29, 0.717) is 4.31 Å². The Balaban J connectivity index is 3.72. The van der Waals surface area contributed by atoms with Crippen LogP contribution in [0, 0.1) is 23.3 Å². The van der Waals surface area contributed by atoms with Gasteiger partial charge in [0, 0.05) is 14.1 Å². The van der Waals surface area contributed by atoms with Crippen LogP contribution in [-0.2, 0) is 10.0 Å². The van der Waals surface area contributed by atoms with E-state index in [-0.39, 0.29) is 0 Å². The van der Waals surface area contributed by atoms with Crippen molar-refractivity contribution >= 4 is 10.0 Å². The van der Waals surface area contributed by atoms with Gasteiger partial charge in [-0.2, -0.15) is 4.39 Å². The molecule has 10 heteroatoms. The third kappa shape index (κ3) is 2.70. The average molecular weight is 319 g/mol. The maximum atomic E-state index is 13.6. The summed E-state index contributed by atoms with van der Waals surface area (Å²) in [6, 6.07) is 0. The zero-order valence-corrected chi connectivity index (χ0v) is 11.2. The van der Waals surface area contributed by atoms with E-state index >= 15 is 0 Å². The minimum absolute atomic E-state index is 0.449. The number of benzene rings is 1. The second-order valence-electron chi connectivity index (χ2n) is 3.74. The first-order valence-electron chi connectivity index (χ1n) is 5.13. The molecule has 0 unspecified atom stereocenters. The first kappa shape index (κ1) is 16.6. The van der Waals surface area contributed by atoms with Crippen molar-refractivity contribution in [1.82, 2.24) is 4.31 Å². The van der Waals surface area contributed by atoms with E-state index in [0.717, 1.165) is 14.1 Å². The summed E-state index contributed by atoms with van der Waals surface area (Å²) in [6.45, 7) is -2.01. The second kappa shape index (κ2) is 5.92. The van der Waals surface area contributed by atoms with Gasteiger partial charge in [-0.3, -0.25) is 0 Å². The van der Waals surface area contributed by atoms with Crippen molar-refractivity contribution in [3.05, 3.63) is 23.3 Å². The lowest BCUT2D eigenvalue weighted by atomic mass is 10.3. The summed E-state index contributed by atoms with van der Waals surface area (Å²) in [7, 11) is -2.74. The maximum absolute atomic E-state index is 13.6. The maximum Gasteiger partial charge on any atom is 0.249 e. The molecule has 0 atom stereocenters. The molecular weight excluding hydrogens is 309 g/mol. The van der Waals surface area contributed by atoms with Gasteiger partial charge in [0.2, 0.25) is 21.7 Å². The number of ether oxygens (including phenoxy) is 1. The van der Waals surface area contributed by atoms with Gasteiger partial charge in [0.25, 0.3) is 0 Å². The summed E-state index contributed by atoms with van der Waals surface area (Å²) in [5, 5.41) is 0. The molecule has 0 heterocycles. The predicted octanol–water partition coefficient (Wildman–Crippen LogP) is 1.84. The topological polar surface area (TPSA) is 46.6 Å². The highest BCUT2D eigenvalue weighted by molar-refractivity contribution is 7.89. The third-order valence-corrected chi connectivity index (χ3v) is 4.09. The molecule has 0 aromatic heterocycles. The Bertz CT molecular complexity index is 618. The number of sulfonamides is 1. The molecule has 0 aliphatic rings. The van der Waals surface area contributed by atoms with Gasteiger partial charge in [-0.25, -0.2) is 30.3 Å². The molecule has 114 valence electrons. The van der Waals surface area contributed by atoms with Gasteiger partial charge < -0.3 is 4.74 Å². The summed E-state index contributed by atoms with van der Waals surface area (Å²) in [6.07, 6.45) is 0. The van der Waals surface area contributed by atoms with Crippen LogP contribution < -0.4 is 4.74 Å². The quantitative estimate of drug-likeness (QED) is 0.473. The first-order chi connectivity index (χ1) is 9.16. The van der Waals surface area contributed by atoms with Crippen molar-refractivity contribution in [2.24, 2.45) is 0 Å². The van der Waals surface area contributed by atoms with Crippen molar-refractivity contribution in [1.29, 1.82) is 0 Å². The summed E-state index contributed by atoms with van der Waals surface area (Å²) in [5.74, 6) is -10.1. The lowest BCUT2D eigenvalue weighted by molar-refractivity contribution is 0.244. The van der Waals surface area contributed by atoms with E-state index < -0.39 is 57.2 Å². The first-order valence-corrected chi connectivity index (χ1v) is 6.57. The van der Waals surface area contributed by atoms with Gasteiger partial charge in [0.05, 0.1) is 0 Å². The Morgan fingerprint density at radius 1 is 1.00 bits per heavy atom. The fourth-order valence-electron chi connectivity index (χ4n) is 1.27. The van der Waals surface area contributed by atoms with Crippen molar-refractivity contribution in [2.45, 2.75) is 4.90 Å². The van der Waals surface area contributed by atoms with Crippen LogP contribution in [0.2, 0.25) is 0 Å². The highest BCUT2D eigenvalue weighted by atomic mass is 32.2. The highest BCUT2D eigenvalue weighted by Crippen LogP contribution is 2.35. The zero-order valence-electron chi connectivity index (χ0n) is 10.4. The van der Waals surface area contributed by atoms with E-state index in [4.69, 9.17) is 0 Å². The van der Waals surface area contributed by atoms with E-state index in [2.05, 4.69) is 4.74 Å². The van der Waals surface area contributed by atoms with Crippen LogP contribution in [0.5, 0.6) is 5.75 Å². The Hall–Kier alpha value is -1.42. The van der Waals surface area contributed by atoms with Gasteiger partial charge in [-0.05, 0) is 0 Å².